The van der Waals surface area contributed by atoms with Gasteiger partial charge in [0.1, 0.15) is 5.82 Å². The molecule has 136 valence electrons. The highest BCUT2D eigenvalue weighted by Gasteiger charge is 2.40. The van der Waals surface area contributed by atoms with Crippen molar-refractivity contribution in [3.63, 3.8) is 0 Å². The Bertz CT molecular complexity index is 690. The third kappa shape index (κ3) is 5.24. The number of hydrogen-bond donors (Lipinski definition) is 2. The maximum absolute atomic E-state index is 13.2. The molecule has 0 amide bonds. The molecule has 7 heteroatoms. The molecule has 2 atom stereocenters. The molecule has 0 saturated carbocycles. The van der Waals surface area contributed by atoms with Crippen molar-refractivity contribution in [2.75, 3.05) is 0 Å². The van der Waals surface area contributed by atoms with E-state index in [4.69, 9.17) is 5.73 Å². The Kier molecular flexibility index (Phi) is 6.13. The summed E-state index contributed by atoms with van der Waals surface area (Å²) in [5.74, 6) is -4.55. The quantitative estimate of drug-likeness (QED) is 0.737. The van der Waals surface area contributed by atoms with Crippen LogP contribution in [0.3, 0.4) is 0 Å². The minimum absolute atomic E-state index is 0.0614. The molecule has 25 heavy (non-hydrogen) atoms. The topological polar surface area (TPSA) is 46.2 Å². The molecule has 2 aromatic rings. The molecule has 0 aliphatic carbocycles. The second kappa shape index (κ2) is 7.93. The summed E-state index contributed by atoms with van der Waals surface area (Å²) in [5, 5.41) is 10.2. The molecule has 0 radical (unpaired) electrons. The van der Waals surface area contributed by atoms with Gasteiger partial charge < -0.3 is 10.8 Å². The summed E-state index contributed by atoms with van der Waals surface area (Å²) in [6.07, 6.45) is -5.74. The average molecular weight is 359 g/mol. The van der Waals surface area contributed by atoms with E-state index < -0.39 is 36.7 Å². The van der Waals surface area contributed by atoms with Gasteiger partial charge in [0.25, 0.3) is 0 Å². The first kappa shape index (κ1) is 19.3. The van der Waals surface area contributed by atoms with Gasteiger partial charge in [-0.2, -0.15) is 8.78 Å². The summed E-state index contributed by atoms with van der Waals surface area (Å²) >= 11 is 0. The zero-order valence-electron chi connectivity index (χ0n) is 13.2. The van der Waals surface area contributed by atoms with Crippen molar-refractivity contribution in [2.45, 2.75) is 37.3 Å². The lowest BCUT2D eigenvalue weighted by molar-refractivity contribution is -0.127. The van der Waals surface area contributed by atoms with E-state index in [0.29, 0.717) is 11.1 Å². The van der Waals surface area contributed by atoms with E-state index >= 15 is 0 Å². The van der Waals surface area contributed by atoms with E-state index in [2.05, 4.69) is 0 Å². The molecular formula is C18H18F5NO. The molecule has 0 aliphatic rings. The van der Waals surface area contributed by atoms with Crippen molar-refractivity contribution in [3.8, 4) is 0 Å². The lowest BCUT2D eigenvalue weighted by Gasteiger charge is -2.20. The number of alkyl halides is 4. The summed E-state index contributed by atoms with van der Waals surface area (Å²) < 4.78 is 63.8. The molecule has 0 aromatic heterocycles. The summed E-state index contributed by atoms with van der Waals surface area (Å²) in [4.78, 5) is 0. The molecule has 0 saturated heterocycles. The molecule has 0 spiro atoms. The van der Waals surface area contributed by atoms with Crippen molar-refractivity contribution in [1.29, 1.82) is 0 Å². The molecule has 0 fully saturated rings. The molecule has 2 unspecified atom stereocenters. The van der Waals surface area contributed by atoms with Crippen LogP contribution in [0.5, 0.6) is 0 Å². The fourth-order valence-electron chi connectivity index (χ4n) is 2.51. The summed E-state index contributed by atoms with van der Waals surface area (Å²) in [6.45, 7) is 0. The van der Waals surface area contributed by atoms with Crippen LogP contribution >= 0.6 is 0 Å². The highest BCUT2D eigenvalue weighted by molar-refractivity contribution is 5.27. The summed E-state index contributed by atoms with van der Waals surface area (Å²) in [5.41, 5.74) is 6.96. The summed E-state index contributed by atoms with van der Waals surface area (Å²) in [6, 6.07) is 10.2. The van der Waals surface area contributed by atoms with E-state index in [9.17, 15) is 27.1 Å². The van der Waals surface area contributed by atoms with Gasteiger partial charge in [0.2, 0.25) is 0 Å². The third-order valence-corrected chi connectivity index (χ3v) is 3.84. The first-order valence-electron chi connectivity index (χ1n) is 7.62. The number of rotatable bonds is 7. The predicted octanol–water partition coefficient (Wildman–Crippen LogP) is 3.87. The Balaban J connectivity index is 2.07. The van der Waals surface area contributed by atoms with Crippen molar-refractivity contribution in [3.05, 3.63) is 71.0 Å². The van der Waals surface area contributed by atoms with Gasteiger partial charge in [-0.25, -0.2) is 13.2 Å². The van der Waals surface area contributed by atoms with Gasteiger partial charge in [-0.3, -0.25) is 0 Å². The van der Waals surface area contributed by atoms with Gasteiger partial charge in [-0.1, -0.05) is 36.4 Å². The Morgan fingerprint density at radius 1 is 1.00 bits per heavy atom. The van der Waals surface area contributed by atoms with Crippen LogP contribution in [-0.2, 0) is 12.8 Å². The van der Waals surface area contributed by atoms with Gasteiger partial charge in [-0.15, -0.1) is 0 Å². The Labute approximate surface area is 142 Å². The zero-order valence-corrected chi connectivity index (χ0v) is 13.2. The average Bonchev–Trinajstić information content (AvgIpc) is 2.54. The van der Waals surface area contributed by atoms with Crippen molar-refractivity contribution in [2.24, 2.45) is 5.73 Å². The van der Waals surface area contributed by atoms with Gasteiger partial charge >= 0.3 is 12.3 Å². The second-order valence-electron chi connectivity index (χ2n) is 5.92. The van der Waals surface area contributed by atoms with Gasteiger partial charge in [0.15, 0.2) is 0 Å². The van der Waals surface area contributed by atoms with Gasteiger partial charge in [0.05, 0.1) is 6.10 Å². The van der Waals surface area contributed by atoms with E-state index in [1.165, 1.54) is 42.5 Å². The number of benzene rings is 2. The second-order valence-corrected chi connectivity index (χ2v) is 5.92. The number of aliphatic hydroxyl groups is 1. The van der Waals surface area contributed by atoms with Crippen LogP contribution in [0.15, 0.2) is 48.5 Å². The molecule has 0 aliphatic heterocycles. The number of nitrogens with two attached hydrogens (primary N) is 1. The van der Waals surface area contributed by atoms with Crippen LogP contribution < -0.4 is 5.73 Å². The fourth-order valence-corrected chi connectivity index (χ4v) is 2.51. The SMILES string of the molecule is NC(Cc1cccc(CC(F)(F)C(F)F)c1)C(O)c1ccc(F)cc1. The largest absolute Gasteiger partial charge is 0.387 e. The first-order chi connectivity index (χ1) is 11.7. The van der Waals surface area contributed by atoms with Crippen LogP contribution in [-0.4, -0.2) is 23.5 Å². The molecule has 3 N–H and O–H groups in total. The summed E-state index contributed by atoms with van der Waals surface area (Å²) in [7, 11) is 0. The molecule has 2 aromatic carbocycles. The van der Waals surface area contributed by atoms with Crippen LogP contribution in [0.4, 0.5) is 22.0 Å². The van der Waals surface area contributed by atoms with Crippen LogP contribution in [0.2, 0.25) is 0 Å². The van der Waals surface area contributed by atoms with Crippen molar-refractivity contribution >= 4 is 0 Å². The highest BCUT2D eigenvalue weighted by atomic mass is 19.3. The van der Waals surface area contributed by atoms with Crippen LogP contribution in [0.1, 0.15) is 22.8 Å². The number of hydrogen-bond acceptors (Lipinski definition) is 2. The van der Waals surface area contributed by atoms with Gasteiger partial charge in [0, 0.05) is 12.5 Å². The highest BCUT2D eigenvalue weighted by Crippen LogP contribution is 2.28. The van der Waals surface area contributed by atoms with Crippen molar-refractivity contribution in [1.82, 2.24) is 0 Å². The predicted molar refractivity (Wildman–Crippen MR) is 84.1 cm³/mol. The third-order valence-electron chi connectivity index (χ3n) is 3.84. The van der Waals surface area contributed by atoms with Crippen LogP contribution in [0.25, 0.3) is 0 Å². The maximum atomic E-state index is 13.2. The smallest absolute Gasteiger partial charge is 0.311 e. The Morgan fingerprint density at radius 3 is 2.20 bits per heavy atom. The molecule has 0 bridgehead atoms. The fraction of sp³-hybridized carbons (Fsp3) is 0.333. The lowest BCUT2D eigenvalue weighted by Crippen LogP contribution is -2.31. The zero-order chi connectivity index (χ0) is 18.6. The number of halogens is 5. The molecular weight excluding hydrogens is 341 g/mol. The monoisotopic (exact) mass is 359 g/mol. The first-order valence-corrected chi connectivity index (χ1v) is 7.62. The number of aliphatic hydroxyl groups excluding tert-OH is 1. The molecule has 2 rings (SSSR count). The van der Waals surface area contributed by atoms with Gasteiger partial charge in [-0.05, 0) is 35.2 Å². The minimum atomic E-state index is -4.10. The van der Waals surface area contributed by atoms with E-state index in [1.807, 2.05) is 0 Å². The standard InChI is InChI=1S/C18H18F5NO/c19-14-6-4-13(5-7-14)16(25)15(24)9-11-2-1-3-12(8-11)10-18(22,23)17(20)21/h1-8,15-17,25H,9-10,24H2. The van der Waals surface area contributed by atoms with Crippen molar-refractivity contribution < 1.29 is 27.1 Å². The lowest BCUT2D eigenvalue weighted by atomic mass is 9.95. The van der Waals surface area contributed by atoms with E-state index in [1.54, 1.807) is 6.07 Å². The normalized spacial score (nSPS) is 14.6. The minimum Gasteiger partial charge on any atom is -0.387 e. The Morgan fingerprint density at radius 2 is 1.60 bits per heavy atom. The van der Waals surface area contributed by atoms with Crippen LogP contribution in [0, 0.1) is 5.82 Å². The molecule has 0 heterocycles. The maximum Gasteiger partial charge on any atom is 0.311 e. The van der Waals surface area contributed by atoms with E-state index in [0.717, 1.165) is 0 Å². The Hall–Kier alpha value is -1.99. The van der Waals surface area contributed by atoms with E-state index in [-0.39, 0.29) is 12.0 Å². The molecule has 2 nitrogen and oxygen atoms in total.